The summed E-state index contributed by atoms with van der Waals surface area (Å²) in [5, 5.41) is 3.23. The molecule has 2 unspecified atom stereocenters. The molecule has 1 aromatic rings. The van der Waals surface area contributed by atoms with Crippen LogP contribution in [-0.4, -0.2) is 30.8 Å². The summed E-state index contributed by atoms with van der Waals surface area (Å²) in [6, 6.07) is 8.13. The third-order valence-electron chi connectivity index (χ3n) is 3.66. The third-order valence-corrected chi connectivity index (χ3v) is 3.66. The summed E-state index contributed by atoms with van der Waals surface area (Å²) in [7, 11) is 0. The summed E-state index contributed by atoms with van der Waals surface area (Å²) < 4.78 is 11.2. The number of aryl methyl sites for hydroxylation is 1. The minimum atomic E-state index is -0.138. The Hall–Kier alpha value is -1.55. The molecule has 2 rings (SSSR count). The van der Waals surface area contributed by atoms with Crippen molar-refractivity contribution in [2.75, 3.05) is 11.9 Å². The highest BCUT2D eigenvalue weighted by Gasteiger charge is 2.26. The van der Waals surface area contributed by atoms with E-state index in [1.807, 2.05) is 38.1 Å². The van der Waals surface area contributed by atoms with Crippen molar-refractivity contribution in [2.24, 2.45) is 0 Å². The number of nitrogens with one attached hydrogen (secondary N) is 1. The maximum Gasteiger partial charge on any atom is 0.307 e. The van der Waals surface area contributed by atoms with Crippen molar-refractivity contribution in [3.8, 4) is 0 Å². The molecule has 0 radical (unpaired) electrons. The standard InChI is InChI=1S/C17H25NO3/c1-12-4-6-15(7-5-12)18-9-8-17(19)21-16-10-13(2)20-14(3)11-16/h4-7,13-14,16,18H,8-11H2,1-3H3. The molecule has 1 fully saturated rings. The van der Waals surface area contributed by atoms with Gasteiger partial charge in [0.2, 0.25) is 0 Å². The lowest BCUT2D eigenvalue weighted by Crippen LogP contribution is -2.35. The van der Waals surface area contributed by atoms with Gasteiger partial charge in [0.1, 0.15) is 6.10 Å². The van der Waals surface area contributed by atoms with E-state index in [9.17, 15) is 4.79 Å². The van der Waals surface area contributed by atoms with Gasteiger partial charge in [-0.3, -0.25) is 4.79 Å². The van der Waals surface area contributed by atoms with Crippen LogP contribution < -0.4 is 5.32 Å². The van der Waals surface area contributed by atoms with E-state index in [-0.39, 0.29) is 24.3 Å². The summed E-state index contributed by atoms with van der Waals surface area (Å²) in [5.74, 6) is -0.138. The van der Waals surface area contributed by atoms with E-state index in [1.165, 1.54) is 5.56 Å². The molecule has 1 heterocycles. The van der Waals surface area contributed by atoms with Gasteiger partial charge >= 0.3 is 5.97 Å². The molecule has 4 heteroatoms. The molecule has 0 amide bonds. The first kappa shape index (κ1) is 15.8. The summed E-state index contributed by atoms with van der Waals surface area (Å²) in [5.41, 5.74) is 2.25. The van der Waals surface area contributed by atoms with E-state index in [1.54, 1.807) is 0 Å². The summed E-state index contributed by atoms with van der Waals surface area (Å²) >= 11 is 0. The van der Waals surface area contributed by atoms with Gasteiger partial charge in [-0.1, -0.05) is 17.7 Å². The van der Waals surface area contributed by atoms with Crippen molar-refractivity contribution in [1.82, 2.24) is 0 Å². The van der Waals surface area contributed by atoms with Gasteiger partial charge in [0.25, 0.3) is 0 Å². The van der Waals surface area contributed by atoms with E-state index in [2.05, 4.69) is 12.2 Å². The molecule has 1 aromatic carbocycles. The molecular weight excluding hydrogens is 266 g/mol. The molecule has 0 bridgehead atoms. The Bertz CT molecular complexity index is 448. The van der Waals surface area contributed by atoms with Gasteiger partial charge < -0.3 is 14.8 Å². The second-order valence-corrected chi connectivity index (χ2v) is 5.88. The van der Waals surface area contributed by atoms with Crippen LogP contribution in [-0.2, 0) is 14.3 Å². The zero-order valence-corrected chi connectivity index (χ0v) is 13.1. The minimum Gasteiger partial charge on any atom is -0.462 e. The number of benzene rings is 1. The van der Waals surface area contributed by atoms with Crippen LogP contribution in [0.4, 0.5) is 5.69 Å². The van der Waals surface area contributed by atoms with Gasteiger partial charge in [-0.15, -0.1) is 0 Å². The molecule has 21 heavy (non-hydrogen) atoms. The predicted molar refractivity (Wildman–Crippen MR) is 83.4 cm³/mol. The number of anilines is 1. The summed E-state index contributed by atoms with van der Waals surface area (Å²) in [6.45, 7) is 6.69. The van der Waals surface area contributed by atoms with E-state index < -0.39 is 0 Å². The van der Waals surface area contributed by atoms with E-state index in [4.69, 9.17) is 9.47 Å². The van der Waals surface area contributed by atoms with Crippen LogP contribution >= 0.6 is 0 Å². The zero-order valence-electron chi connectivity index (χ0n) is 13.1. The lowest BCUT2D eigenvalue weighted by molar-refractivity contribution is -0.159. The molecule has 116 valence electrons. The van der Waals surface area contributed by atoms with Crippen LogP contribution in [0.2, 0.25) is 0 Å². The van der Waals surface area contributed by atoms with Crippen molar-refractivity contribution in [2.45, 2.75) is 58.3 Å². The third kappa shape index (κ3) is 5.38. The smallest absolute Gasteiger partial charge is 0.307 e. The van der Waals surface area contributed by atoms with Crippen molar-refractivity contribution >= 4 is 11.7 Å². The average Bonchev–Trinajstić information content (AvgIpc) is 2.39. The van der Waals surface area contributed by atoms with E-state index in [0.717, 1.165) is 18.5 Å². The SMILES string of the molecule is Cc1ccc(NCCC(=O)OC2CC(C)OC(C)C2)cc1. The minimum absolute atomic E-state index is 0.00405. The number of esters is 1. The zero-order chi connectivity index (χ0) is 15.2. The Morgan fingerprint density at radius 1 is 1.24 bits per heavy atom. The van der Waals surface area contributed by atoms with Crippen LogP contribution in [0.1, 0.15) is 38.7 Å². The van der Waals surface area contributed by atoms with Crippen molar-refractivity contribution in [3.63, 3.8) is 0 Å². The van der Waals surface area contributed by atoms with Crippen LogP contribution in [0.15, 0.2) is 24.3 Å². The maximum absolute atomic E-state index is 11.9. The van der Waals surface area contributed by atoms with Crippen LogP contribution in [0.25, 0.3) is 0 Å². The lowest BCUT2D eigenvalue weighted by Gasteiger charge is -2.31. The molecule has 1 N–H and O–H groups in total. The summed E-state index contributed by atoms with van der Waals surface area (Å²) in [6.07, 6.45) is 2.29. The number of carbonyl (C=O) groups is 1. The second kappa shape index (κ2) is 7.46. The van der Waals surface area contributed by atoms with Crippen molar-refractivity contribution < 1.29 is 14.3 Å². The molecule has 1 saturated heterocycles. The summed E-state index contributed by atoms with van der Waals surface area (Å²) in [4.78, 5) is 11.9. The molecule has 1 aliphatic heterocycles. The highest BCUT2D eigenvalue weighted by Crippen LogP contribution is 2.22. The number of ether oxygens (including phenoxy) is 2. The molecule has 1 aliphatic rings. The number of hydrogen-bond donors (Lipinski definition) is 1. The fourth-order valence-corrected chi connectivity index (χ4v) is 2.67. The first-order chi connectivity index (χ1) is 10.0. The van der Waals surface area contributed by atoms with E-state index in [0.29, 0.717) is 13.0 Å². The molecule has 0 spiro atoms. The first-order valence-corrected chi connectivity index (χ1v) is 7.68. The fourth-order valence-electron chi connectivity index (χ4n) is 2.67. The lowest BCUT2D eigenvalue weighted by atomic mass is 10.0. The Morgan fingerprint density at radius 3 is 2.48 bits per heavy atom. The Kier molecular flexibility index (Phi) is 5.62. The Labute approximate surface area is 126 Å². The van der Waals surface area contributed by atoms with E-state index >= 15 is 0 Å². The van der Waals surface area contributed by atoms with Crippen LogP contribution in [0.5, 0.6) is 0 Å². The molecule has 0 aliphatic carbocycles. The Balaban J connectivity index is 1.68. The molecular formula is C17H25NO3. The van der Waals surface area contributed by atoms with Crippen LogP contribution in [0.3, 0.4) is 0 Å². The van der Waals surface area contributed by atoms with Gasteiger partial charge in [-0.2, -0.15) is 0 Å². The topological polar surface area (TPSA) is 47.6 Å². The van der Waals surface area contributed by atoms with Gasteiger partial charge in [0, 0.05) is 25.1 Å². The Morgan fingerprint density at radius 2 is 1.86 bits per heavy atom. The fraction of sp³-hybridized carbons (Fsp3) is 0.588. The number of rotatable bonds is 5. The molecule has 2 atom stereocenters. The largest absolute Gasteiger partial charge is 0.462 e. The molecule has 0 saturated carbocycles. The maximum atomic E-state index is 11.9. The van der Waals surface area contributed by atoms with Crippen molar-refractivity contribution in [3.05, 3.63) is 29.8 Å². The van der Waals surface area contributed by atoms with Crippen LogP contribution in [0, 0.1) is 6.92 Å². The van der Waals surface area contributed by atoms with Gasteiger partial charge in [-0.25, -0.2) is 0 Å². The first-order valence-electron chi connectivity index (χ1n) is 7.68. The second-order valence-electron chi connectivity index (χ2n) is 5.88. The van der Waals surface area contributed by atoms with Crippen molar-refractivity contribution in [1.29, 1.82) is 0 Å². The molecule has 4 nitrogen and oxygen atoms in total. The normalized spacial score (nSPS) is 25.4. The van der Waals surface area contributed by atoms with Gasteiger partial charge in [0.05, 0.1) is 18.6 Å². The number of hydrogen-bond acceptors (Lipinski definition) is 4. The highest BCUT2D eigenvalue weighted by atomic mass is 16.6. The van der Waals surface area contributed by atoms with Gasteiger partial charge in [-0.05, 0) is 32.9 Å². The average molecular weight is 291 g/mol. The number of carbonyl (C=O) groups excluding carboxylic acids is 1. The van der Waals surface area contributed by atoms with Gasteiger partial charge in [0.15, 0.2) is 0 Å². The monoisotopic (exact) mass is 291 g/mol. The predicted octanol–water partition coefficient (Wildman–Crippen LogP) is 3.30. The highest BCUT2D eigenvalue weighted by molar-refractivity contribution is 5.70. The molecule has 0 aromatic heterocycles. The quantitative estimate of drug-likeness (QED) is 0.846.